The molecule has 2 fully saturated rings. The molecule has 0 saturated carbocycles. The molecule has 0 unspecified atom stereocenters. The molecule has 0 aromatic rings. The van der Waals surface area contributed by atoms with Gasteiger partial charge in [-0.05, 0) is 6.42 Å². The maximum absolute atomic E-state index is 10.6. The third-order valence-corrected chi connectivity index (χ3v) is 6.24. The van der Waals surface area contributed by atoms with Crippen LogP contribution in [-0.2, 0) is 18.9 Å². The molecule has 0 radical (unpaired) electrons. The number of hydrogen-bond acceptors (Lipinski definition) is 11. The van der Waals surface area contributed by atoms with Crippen LogP contribution in [0.25, 0.3) is 0 Å². The smallest absolute Gasteiger partial charge is 0.187 e. The fourth-order valence-electron chi connectivity index (χ4n) is 4.13. The van der Waals surface area contributed by atoms with Gasteiger partial charge in [0, 0.05) is 6.61 Å². The quantitative estimate of drug-likeness (QED) is 0.147. The van der Waals surface area contributed by atoms with Gasteiger partial charge in [-0.15, -0.1) is 0 Å². The summed E-state index contributed by atoms with van der Waals surface area (Å²) in [6.45, 7) is 1.28. The van der Waals surface area contributed by atoms with Crippen molar-refractivity contribution in [2.75, 3.05) is 19.8 Å². The third-order valence-electron chi connectivity index (χ3n) is 6.24. The topological polar surface area (TPSA) is 179 Å². The minimum absolute atomic E-state index is 0.319. The Labute approximate surface area is 194 Å². The number of ether oxygens (including phenoxy) is 4. The second-order valence-corrected chi connectivity index (χ2v) is 8.85. The predicted octanol–water partition coefficient (Wildman–Crippen LogP) is -1.23. The van der Waals surface area contributed by atoms with Crippen molar-refractivity contribution in [2.24, 2.45) is 0 Å². The van der Waals surface area contributed by atoms with Gasteiger partial charge in [-0.25, -0.2) is 0 Å². The van der Waals surface area contributed by atoms with Crippen molar-refractivity contribution in [2.45, 2.75) is 120 Å². The van der Waals surface area contributed by atoms with Gasteiger partial charge in [0.2, 0.25) is 0 Å². The van der Waals surface area contributed by atoms with Gasteiger partial charge < -0.3 is 54.7 Å². The first-order valence-electron chi connectivity index (χ1n) is 12.1. The van der Waals surface area contributed by atoms with Crippen LogP contribution in [0.3, 0.4) is 0 Å². The number of hydrogen-bond donors (Lipinski definition) is 7. The first kappa shape index (κ1) is 28.8. The average Bonchev–Trinajstić information content (AvgIpc) is 2.82. The highest BCUT2D eigenvalue weighted by Gasteiger charge is 2.50. The van der Waals surface area contributed by atoms with Gasteiger partial charge in [0.1, 0.15) is 48.8 Å². The van der Waals surface area contributed by atoms with Crippen LogP contribution < -0.4 is 0 Å². The van der Waals surface area contributed by atoms with E-state index >= 15 is 0 Å². The maximum atomic E-state index is 10.6. The molecule has 0 aromatic carbocycles. The second kappa shape index (κ2) is 14.8. The molecule has 0 aliphatic carbocycles. The number of aliphatic hydroxyl groups is 7. The van der Waals surface area contributed by atoms with Crippen LogP contribution in [0.5, 0.6) is 0 Å². The molecule has 2 heterocycles. The van der Waals surface area contributed by atoms with Crippen molar-refractivity contribution in [1.29, 1.82) is 0 Å². The van der Waals surface area contributed by atoms with Gasteiger partial charge in [0.25, 0.3) is 0 Å². The van der Waals surface area contributed by atoms with E-state index in [0.29, 0.717) is 6.61 Å². The van der Waals surface area contributed by atoms with Crippen LogP contribution >= 0.6 is 0 Å². The molecule has 0 spiro atoms. The molecule has 2 aliphatic rings. The Kier molecular flexibility index (Phi) is 13.0. The fourth-order valence-corrected chi connectivity index (χ4v) is 4.13. The van der Waals surface area contributed by atoms with Crippen molar-refractivity contribution in [3.05, 3.63) is 0 Å². The highest BCUT2D eigenvalue weighted by Crippen LogP contribution is 2.29. The zero-order valence-corrected chi connectivity index (χ0v) is 19.3. The molecule has 196 valence electrons. The van der Waals surface area contributed by atoms with E-state index in [1.807, 2.05) is 0 Å². The normalized spacial score (nSPS) is 39.6. The summed E-state index contributed by atoms with van der Waals surface area (Å²) < 4.78 is 22.0. The summed E-state index contributed by atoms with van der Waals surface area (Å²) in [5.74, 6) is 0. The molecule has 0 aromatic heterocycles. The lowest BCUT2D eigenvalue weighted by Gasteiger charge is -2.45. The van der Waals surface area contributed by atoms with Crippen LogP contribution in [0.15, 0.2) is 0 Å². The van der Waals surface area contributed by atoms with Gasteiger partial charge >= 0.3 is 0 Å². The molecule has 2 rings (SSSR count). The number of unbranched alkanes of at least 4 members (excludes halogenated alkanes) is 7. The monoisotopic (exact) mass is 482 g/mol. The molecule has 0 bridgehead atoms. The second-order valence-electron chi connectivity index (χ2n) is 8.85. The van der Waals surface area contributed by atoms with Gasteiger partial charge in [-0.1, -0.05) is 51.9 Å². The lowest BCUT2D eigenvalue weighted by molar-refractivity contribution is -0.359. The lowest BCUT2D eigenvalue weighted by atomic mass is 9.97. The van der Waals surface area contributed by atoms with E-state index < -0.39 is 74.6 Å². The van der Waals surface area contributed by atoms with E-state index in [1.54, 1.807) is 0 Å². The first-order chi connectivity index (χ1) is 15.8. The van der Waals surface area contributed by atoms with Crippen LogP contribution in [0.1, 0.15) is 58.3 Å². The van der Waals surface area contributed by atoms with E-state index in [2.05, 4.69) is 6.92 Å². The van der Waals surface area contributed by atoms with Crippen LogP contribution in [0.4, 0.5) is 0 Å². The zero-order valence-electron chi connectivity index (χ0n) is 19.3. The van der Waals surface area contributed by atoms with Gasteiger partial charge in [0.15, 0.2) is 12.6 Å². The van der Waals surface area contributed by atoms with Crippen molar-refractivity contribution >= 4 is 0 Å². The largest absolute Gasteiger partial charge is 0.394 e. The van der Waals surface area contributed by atoms with E-state index in [9.17, 15) is 35.7 Å². The van der Waals surface area contributed by atoms with E-state index in [1.165, 1.54) is 32.1 Å². The summed E-state index contributed by atoms with van der Waals surface area (Å²) in [6, 6.07) is 0. The van der Waals surface area contributed by atoms with Crippen molar-refractivity contribution in [1.82, 2.24) is 0 Å². The average molecular weight is 483 g/mol. The number of rotatable bonds is 14. The lowest BCUT2D eigenvalue weighted by Crippen LogP contribution is -2.64. The maximum Gasteiger partial charge on any atom is 0.187 e. The summed E-state index contributed by atoms with van der Waals surface area (Å²) in [5.41, 5.74) is 0. The van der Waals surface area contributed by atoms with Crippen LogP contribution in [0.2, 0.25) is 0 Å². The van der Waals surface area contributed by atoms with Crippen molar-refractivity contribution in [3.63, 3.8) is 0 Å². The summed E-state index contributed by atoms with van der Waals surface area (Å²) in [6.07, 6.45) is -5.35. The van der Waals surface area contributed by atoms with Gasteiger partial charge in [-0.3, -0.25) is 0 Å². The highest BCUT2D eigenvalue weighted by molar-refractivity contribution is 4.94. The van der Waals surface area contributed by atoms with Crippen molar-refractivity contribution < 1.29 is 54.7 Å². The predicted molar refractivity (Wildman–Crippen MR) is 115 cm³/mol. The van der Waals surface area contributed by atoms with Gasteiger partial charge in [-0.2, -0.15) is 0 Å². The third kappa shape index (κ3) is 8.04. The van der Waals surface area contributed by atoms with Crippen molar-refractivity contribution in [3.8, 4) is 0 Å². The number of aliphatic hydroxyl groups excluding tert-OH is 7. The molecule has 11 nitrogen and oxygen atoms in total. The summed E-state index contributed by atoms with van der Waals surface area (Å²) in [7, 11) is 0. The molecule has 0 amide bonds. The highest BCUT2D eigenvalue weighted by atomic mass is 16.7. The Morgan fingerprint density at radius 3 is 1.76 bits per heavy atom. The Morgan fingerprint density at radius 1 is 0.606 bits per heavy atom. The molecule has 7 N–H and O–H groups in total. The SMILES string of the molecule is CCCCCCCCCCO[C@@H]1O[C@H](CO)[C@@H](O[C@H]2O[C@H](CO)[C@@H](O)[C@H](O)[C@@H]2O)[C@@H](O)[C@@H]1O. The van der Waals surface area contributed by atoms with Gasteiger partial charge in [0.05, 0.1) is 13.2 Å². The van der Waals surface area contributed by atoms with E-state index in [-0.39, 0.29) is 0 Å². The summed E-state index contributed by atoms with van der Waals surface area (Å²) in [4.78, 5) is 0. The standard InChI is InChI=1S/C22H42O11/c1-2-3-4-5-6-7-8-9-10-30-21-19(29)17(27)20(14(12-24)32-21)33-22-18(28)16(26)15(25)13(11-23)31-22/h13-29H,2-12H2,1H3/t13-,14-,15-,16+,17+,18+,19+,20-,21-,22-/m1/s1. The molecule has 11 heteroatoms. The van der Waals surface area contributed by atoms with E-state index in [4.69, 9.17) is 18.9 Å². The molecule has 33 heavy (non-hydrogen) atoms. The first-order valence-corrected chi connectivity index (χ1v) is 12.1. The summed E-state index contributed by atoms with van der Waals surface area (Å²) in [5, 5.41) is 69.9. The molecule has 2 aliphatic heterocycles. The molecular formula is C22H42O11. The van der Waals surface area contributed by atoms with E-state index in [0.717, 1.165) is 19.3 Å². The molecular weight excluding hydrogens is 440 g/mol. The Hall–Kier alpha value is -0.440. The Bertz CT molecular complexity index is 521. The van der Waals surface area contributed by atoms with Crippen LogP contribution in [-0.4, -0.2) is 117 Å². The summed E-state index contributed by atoms with van der Waals surface area (Å²) >= 11 is 0. The fraction of sp³-hybridized carbons (Fsp3) is 1.00. The van der Waals surface area contributed by atoms with Crippen LogP contribution in [0, 0.1) is 0 Å². The zero-order chi connectivity index (χ0) is 24.4. The minimum atomic E-state index is -1.69. The molecule has 2 saturated heterocycles. The Morgan fingerprint density at radius 2 is 1.15 bits per heavy atom. The molecule has 10 atom stereocenters. The Balaban J connectivity index is 1.82. The minimum Gasteiger partial charge on any atom is -0.394 e.